The molecule has 0 aliphatic rings. The number of hydrogen-bond acceptors (Lipinski definition) is 4. The predicted molar refractivity (Wildman–Crippen MR) is 173 cm³/mol. The molecule has 0 unspecified atom stereocenters. The number of benzene rings is 6. The molecular weight excluding hydrogens is 520 g/mol. The first kappa shape index (κ1) is 24.3. The minimum absolute atomic E-state index is 0. The van der Waals surface area contributed by atoms with Gasteiger partial charge in [-0.2, -0.15) is 0 Å². The third-order valence-corrected chi connectivity index (χ3v) is 8.11. The van der Waals surface area contributed by atoms with Crippen molar-refractivity contribution in [3.63, 3.8) is 0 Å². The molecule has 0 atom stereocenters. The molecule has 0 saturated carbocycles. The topological polar surface area (TPSA) is 52.6 Å². The highest BCUT2D eigenvalue weighted by Gasteiger charge is 2.16. The lowest BCUT2D eigenvalue weighted by molar-refractivity contribution is 0.650. The van der Waals surface area contributed by atoms with Crippen molar-refractivity contribution in [3.05, 3.63) is 121 Å². The van der Waals surface area contributed by atoms with Crippen LogP contribution in [0.1, 0.15) is 13.0 Å². The molecule has 4 aromatic heterocycles. The normalized spacial score (nSPS) is 11.7. The molecule has 4 heterocycles. The van der Waals surface area contributed by atoms with Crippen molar-refractivity contribution in [2.45, 2.75) is 14.4 Å². The highest BCUT2D eigenvalue weighted by molar-refractivity contribution is 6.17. The summed E-state index contributed by atoms with van der Waals surface area (Å²) in [5.41, 5.74) is 8.33. The molecule has 4 heteroatoms. The van der Waals surface area contributed by atoms with Crippen molar-refractivity contribution in [3.8, 4) is 0 Å². The molecule has 42 heavy (non-hydrogen) atoms. The zero-order valence-electron chi connectivity index (χ0n) is 22.1. The fourth-order valence-electron chi connectivity index (χ4n) is 6.17. The Morgan fingerprint density at radius 1 is 0.333 bits per heavy atom. The summed E-state index contributed by atoms with van der Waals surface area (Å²) in [4.78, 5) is 0. The summed E-state index contributed by atoms with van der Waals surface area (Å²) in [6.07, 6.45) is 0. The highest BCUT2D eigenvalue weighted by Crippen LogP contribution is 2.39. The molecule has 0 amide bonds. The lowest BCUT2D eigenvalue weighted by Crippen LogP contribution is -1.75. The molecule has 0 fully saturated rings. The Morgan fingerprint density at radius 2 is 0.667 bits per heavy atom. The van der Waals surface area contributed by atoms with Gasteiger partial charge in [-0.1, -0.05) is 80.2 Å². The summed E-state index contributed by atoms with van der Waals surface area (Å²) in [5, 5.41) is 9.19. The van der Waals surface area contributed by atoms with Crippen molar-refractivity contribution < 1.29 is 17.7 Å². The van der Waals surface area contributed by atoms with Crippen LogP contribution in [0.4, 0.5) is 0 Å². The number of furan rings is 4. The van der Waals surface area contributed by atoms with E-state index < -0.39 is 0 Å². The smallest absolute Gasteiger partial charge is 0.142 e. The van der Waals surface area contributed by atoms with Crippen LogP contribution in [-0.4, -0.2) is 0 Å². The molecule has 6 aromatic carbocycles. The molecule has 10 aromatic rings. The van der Waals surface area contributed by atoms with Gasteiger partial charge in [-0.3, -0.25) is 0 Å². The monoisotopic (exact) mass is 546 g/mol. The van der Waals surface area contributed by atoms with Gasteiger partial charge in [0.15, 0.2) is 0 Å². The summed E-state index contributed by atoms with van der Waals surface area (Å²) in [5.74, 6) is 0. The van der Waals surface area contributed by atoms with Gasteiger partial charge in [0.1, 0.15) is 44.7 Å². The Morgan fingerprint density at radius 3 is 1.10 bits per heavy atom. The van der Waals surface area contributed by atoms with Crippen LogP contribution in [0, 0.1) is 6.92 Å². The maximum absolute atomic E-state index is 6.03. The van der Waals surface area contributed by atoms with Gasteiger partial charge in [0.25, 0.3) is 0 Å². The van der Waals surface area contributed by atoms with Crippen molar-refractivity contribution in [1.29, 1.82) is 0 Å². The standard InChI is InChI=1S/C19H12O2.C18H10O2.CH4/c1-11-18-14(12-6-2-4-8-16(12)20-18)10-15-13-7-3-5-9-17(13)21-19(11)15;1-3-7-15-11(5-1)13-9-14-12-6-2-4-8-16(12)20-18(14)10-17(13)19-15;/h2-10H,1H3;1-10H;1H4. The summed E-state index contributed by atoms with van der Waals surface area (Å²) >= 11 is 0. The van der Waals surface area contributed by atoms with Crippen LogP contribution < -0.4 is 0 Å². The van der Waals surface area contributed by atoms with E-state index in [-0.39, 0.29) is 7.43 Å². The average molecular weight is 547 g/mol. The Bertz CT molecular complexity index is 2430. The van der Waals surface area contributed by atoms with E-state index in [1.54, 1.807) is 0 Å². The first-order valence-electron chi connectivity index (χ1n) is 13.7. The lowest BCUT2D eigenvalue weighted by atomic mass is 10.0. The van der Waals surface area contributed by atoms with Crippen LogP contribution in [0.5, 0.6) is 0 Å². The molecule has 0 bridgehead atoms. The first-order valence-corrected chi connectivity index (χ1v) is 13.7. The summed E-state index contributed by atoms with van der Waals surface area (Å²) in [6, 6.07) is 38.9. The number of fused-ring (bicyclic) bond motifs is 12. The van der Waals surface area contributed by atoms with Crippen molar-refractivity contribution in [2.75, 3.05) is 0 Å². The van der Waals surface area contributed by atoms with E-state index >= 15 is 0 Å². The van der Waals surface area contributed by atoms with Gasteiger partial charge in [-0.05, 0) is 43.3 Å². The van der Waals surface area contributed by atoms with Gasteiger partial charge in [0.05, 0.1) is 0 Å². The van der Waals surface area contributed by atoms with E-state index in [2.05, 4.69) is 43.3 Å². The Balaban J connectivity index is 0.000000124. The van der Waals surface area contributed by atoms with Crippen molar-refractivity contribution in [1.82, 2.24) is 0 Å². The van der Waals surface area contributed by atoms with E-state index in [9.17, 15) is 0 Å². The third-order valence-electron chi connectivity index (χ3n) is 8.11. The third kappa shape index (κ3) is 3.42. The van der Waals surface area contributed by atoms with E-state index in [4.69, 9.17) is 17.7 Å². The van der Waals surface area contributed by atoms with Gasteiger partial charge in [-0.25, -0.2) is 0 Å². The van der Waals surface area contributed by atoms with E-state index in [1.807, 2.05) is 78.9 Å². The van der Waals surface area contributed by atoms with Crippen LogP contribution in [0.3, 0.4) is 0 Å². The molecule has 4 nitrogen and oxygen atoms in total. The molecule has 0 N–H and O–H groups in total. The quantitative estimate of drug-likeness (QED) is 0.190. The predicted octanol–water partition coefficient (Wildman–Crippen LogP) is 11.9. The lowest BCUT2D eigenvalue weighted by Gasteiger charge is -1.96. The van der Waals surface area contributed by atoms with Crippen LogP contribution in [0.15, 0.2) is 133 Å². The fourth-order valence-corrected chi connectivity index (χ4v) is 6.17. The van der Waals surface area contributed by atoms with Gasteiger partial charge >= 0.3 is 0 Å². The van der Waals surface area contributed by atoms with E-state index in [1.165, 1.54) is 0 Å². The molecule has 202 valence electrons. The second-order valence-corrected chi connectivity index (χ2v) is 10.5. The summed E-state index contributed by atoms with van der Waals surface area (Å²) in [7, 11) is 0. The zero-order valence-corrected chi connectivity index (χ0v) is 22.1. The minimum atomic E-state index is 0. The van der Waals surface area contributed by atoms with Gasteiger partial charge in [0, 0.05) is 54.7 Å². The highest BCUT2D eigenvalue weighted by atomic mass is 16.4. The van der Waals surface area contributed by atoms with Gasteiger partial charge in [-0.15, -0.1) is 0 Å². The fraction of sp³-hybridized carbons (Fsp3) is 0.0526. The number of hydrogen-bond donors (Lipinski definition) is 0. The first-order chi connectivity index (χ1) is 20.2. The Hall–Kier alpha value is -5.48. The minimum Gasteiger partial charge on any atom is -0.456 e. The largest absolute Gasteiger partial charge is 0.456 e. The van der Waals surface area contributed by atoms with Crippen LogP contribution in [0.2, 0.25) is 0 Å². The molecule has 0 aliphatic carbocycles. The molecule has 0 radical (unpaired) electrons. The molecule has 0 saturated heterocycles. The molecular formula is C38H26O4. The van der Waals surface area contributed by atoms with Gasteiger partial charge < -0.3 is 17.7 Å². The van der Waals surface area contributed by atoms with Crippen molar-refractivity contribution >= 4 is 87.8 Å². The summed E-state index contributed by atoms with van der Waals surface area (Å²) in [6.45, 7) is 2.06. The second kappa shape index (κ2) is 9.02. The van der Waals surface area contributed by atoms with E-state index in [0.29, 0.717) is 0 Å². The average Bonchev–Trinajstić information content (AvgIpc) is 3.77. The number of para-hydroxylation sites is 4. The molecule has 10 rings (SSSR count). The van der Waals surface area contributed by atoms with Crippen LogP contribution in [-0.2, 0) is 0 Å². The Kier molecular flexibility index (Phi) is 5.22. The number of rotatable bonds is 0. The second-order valence-electron chi connectivity index (χ2n) is 10.5. The van der Waals surface area contributed by atoms with Crippen LogP contribution in [0.25, 0.3) is 87.8 Å². The van der Waals surface area contributed by atoms with Crippen molar-refractivity contribution in [2.24, 2.45) is 0 Å². The molecule has 0 aliphatic heterocycles. The van der Waals surface area contributed by atoms with Crippen LogP contribution >= 0.6 is 0 Å². The summed E-state index contributed by atoms with van der Waals surface area (Å²) < 4.78 is 23.8. The van der Waals surface area contributed by atoms with Gasteiger partial charge in [0.2, 0.25) is 0 Å². The molecule has 0 spiro atoms. The number of aryl methyl sites for hydroxylation is 1. The maximum Gasteiger partial charge on any atom is 0.142 e. The maximum atomic E-state index is 6.03. The SMILES string of the molecule is C.Cc1c2oc3ccccc3c2cc2c1oc1ccccc12.c1ccc2c(c1)oc1cc3oc4ccccc4c3cc12. The van der Waals surface area contributed by atoms with E-state index in [0.717, 1.165) is 93.3 Å². The zero-order chi connectivity index (χ0) is 27.1. The Labute approximate surface area is 240 Å².